The number of aliphatic hydroxyl groups is 1. The van der Waals surface area contributed by atoms with Crippen molar-refractivity contribution >= 4 is 36.3 Å². The van der Waals surface area contributed by atoms with E-state index in [9.17, 15) is 9.90 Å². The lowest BCUT2D eigenvalue weighted by Gasteiger charge is -2.32. The number of likely N-dealkylation sites (tertiary alicyclic amines) is 1. The highest BCUT2D eigenvalue weighted by Gasteiger charge is 2.39. The molecule has 3 N–H and O–H groups in total. The smallest absolute Gasteiger partial charge is 0.267 e. The van der Waals surface area contributed by atoms with E-state index in [1.165, 1.54) is 4.90 Å². The molecule has 0 aliphatic carbocycles. The zero-order chi connectivity index (χ0) is 20.6. The van der Waals surface area contributed by atoms with Gasteiger partial charge in [0.2, 0.25) is 5.60 Å². The maximum absolute atomic E-state index is 12.3. The first-order chi connectivity index (χ1) is 13.9. The minimum Gasteiger partial charge on any atom is -0.382 e. The zero-order valence-electron chi connectivity index (χ0n) is 15.9. The van der Waals surface area contributed by atoms with E-state index >= 15 is 0 Å². The molecule has 1 aromatic carbocycles. The molecule has 0 saturated carbocycles. The Morgan fingerprint density at radius 3 is 2.90 bits per heavy atom. The Bertz CT molecular complexity index is 1190. The van der Waals surface area contributed by atoms with Crippen molar-refractivity contribution in [1.82, 2.24) is 19.9 Å². The molecule has 1 atom stereocenters. The molecular formula is C21H18BN5O2. The van der Waals surface area contributed by atoms with E-state index < -0.39 is 5.60 Å². The van der Waals surface area contributed by atoms with E-state index in [4.69, 9.17) is 13.6 Å². The Morgan fingerprint density at radius 1 is 1.24 bits per heavy atom. The van der Waals surface area contributed by atoms with E-state index in [0.717, 1.165) is 5.56 Å². The van der Waals surface area contributed by atoms with Crippen molar-refractivity contribution in [1.29, 1.82) is 0 Å². The first kappa shape index (κ1) is 18.9. The second-order valence-electron chi connectivity index (χ2n) is 7.05. The third-order valence-electron chi connectivity index (χ3n) is 4.89. The second-order valence-corrected chi connectivity index (χ2v) is 7.05. The highest BCUT2D eigenvalue weighted by molar-refractivity contribution is 6.29. The number of rotatable bonds is 1. The van der Waals surface area contributed by atoms with Gasteiger partial charge in [0, 0.05) is 24.7 Å². The Balaban J connectivity index is 1.68. The Hall–Kier alpha value is -3.44. The maximum atomic E-state index is 12.3. The maximum Gasteiger partial charge on any atom is 0.267 e. The number of anilines is 1. The van der Waals surface area contributed by atoms with Crippen LogP contribution in [0.25, 0.3) is 22.3 Å². The minimum absolute atomic E-state index is 0.0997. The van der Waals surface area contributed by atoms with Crippen LogP contribution in [-0.2, 0) is 4.79 Å². The molecule has 3 aromatic rings. The summed E-state index contributed by atoms with van der Waals surface area (Å²) in [5, 5.41) is 10.6. The van der Waals surface area contributed by atoms with E-state index in [-0.39, 0.29) is 17.4 Å². The van der Waals surface area contributed by atoms with Crippen LogP contribution in [0, 0.1) is 11.8 Å². The van der Waals surface area contributed by atoms with Gasteiger partial charge in [0.05, 0.1) is 16.9 Å². The number of likely N-dealkylation sites (N-methyl/N-ethyl adjacent to an activating group) is 1. The van der Waals surface area contributed by atoms with E-state index in [2.05, 4.69) is 26.8 Å². The highest BCUT2D eigenvalue weighted by atomic mass is 16.3. The van der Waals surface area contributed by atoms with Gasteiger partial charge in [-0.3, -0.25) is 4.79 Å². The number of carbonyl (C=O) groups excluding carboxylic acids is 1. The minimum atomic E-state index is -1.64. The standard InChI is InChI=1S/C21H18BN5O2/c1-27-11-3-9-21(29,19(27)28)10-8-13-4-2-5-14(12-13)15-6-7-16-17(24-15)18(23)26-20(22)25-16/h2,4-7,12,29H,3,9,11H2,1H3,(H2,23,25,26)/t21-/m0/s1. The Morgan fingerprint density at radius 2 is 2.07 bits per heavy atom. The van der Waals surface area contributed by atoms with Crippen LogP contribution in [0.5, 0.6) is 0 Å². The fraction of sp³-hybridized carbons (Fsp3) is 0.238. The predicted octanol–water partition coefficient (Wildman–Crippen LogP) is 0.403. The summed E-state index contributed by atoms with van der Waals surface area (Å²) in [7, 11) is 7.29. The molecule has 1 aliphatic heterocycles. The summed E-state index contributed by atoms with van der Waals surface area (Å²) in [6, 6.07) is 11.0. The molecule has 7 nitrogen and oxygen atoms in total. The molecule has 1 amide bonds. The van der Waals surface area contributed by atoms with Crippen molar-refractivity contribution < 1.29 is 9.90 Å². The largest absolute Gasteiger partial charge is 0.382 e. The first-order valence-corrected chi connectivity index (χ1v) is 9.17. The first-order valence-electron chi connectivity index (χ1n) is 9.17. The third-order valence-corrected chi connectivity index (χ3v) is 4.89. The lowest BCUT2D eigenvalue weighted by molar-refractivity contribution is -0.148. The van der Waals surface area contributed by atoms with Gasteiger partial charge in [-0.05, 0) is 37.1 Å². The van der Waals surface area contributed by atoms with Crippen LogP contribution in [0.4, 0.5) is 5.82 Å². The van der Waals surface area contributed by atoms with Crippen LogP contribution in [0.3, 0.4) is 0 Å². The molecule has 1 saturated heterocycles. The van der Waals surface area contributed by atoms with Gasteiger partial charge < -0.3 is 15.7 Å². The highest BCUT2D eigenvalue weighted by Crippen LogP contribution is 2.24. The number of nitrogens with zero attached hydrogens (tertiary/aromatic N) is 4. The van der Waals surface area contributed by atoms with Gasteiger partial charge in [-0.15, -0.1) is 0 Å². The van der Waals surface area contributed by atoms with Crippen LogP contribution >= 0.6 is 0 Å². The van der Waals surface area contributed by atoms with Gasteiger partial charge >= 0.3 is 0 Å². The zero-order valence-corrected chi connectivity index (χ0v) is 15.9. The number of hydrogen-bond donors (Lipinski definition) is 2. The molecule has 29 heavy (non-hydrogen) atoms. The number of benzene rings is 1. The number of carbonyl (C=O) groups is 1. The fourth-order valence-electron chi connectivity index (χ4n) is 3.36. The van der Waals surface area contributed by atoms with Crippen LogP contribution in [0.2, 0.25) is 0 Å². The number of nitrogens with two attached hydrogens (primary N) is 1. The van der Waals surface area contributed by atoms with Gasteiger partial charge in [-0.1, -0.05) is 24.0 Å². The molecule has 2 radical (unpaired) electrons. The molecule has 1 aliphatic rings. The number of hydrogen-bond acceptors (Lipinski definition) is 6. The van der Waals surface area contributed by atoms with Crippen LogP contribution in [0.1, 0.15) is 18.4 Å². The average molecular weight is 383 g/mol. The molecular weight excluding hydrogens is 365 g/mol. The van der Waals surface area contributed by atoms with E-state index in [1.54, 1.807) is 13.1 Å². The third kappa shape index (κ3) is 3.65. The Kier molecular flexibility index (Phi) is 4.69. The molecule has 2 aromatic heterocycles. The quantitative estimate of drug-likeness (QED) is 0.466. The summed E-state index contributed by atoms with van der Waals surface area (Å²) in [5.74, 6) is 5.54. The van der Waals surface area contributed by atoms with Gasteiger partial charge in [0.15, 0.2) is 13.7 Å². The number of aromatic nitrogens is 3. The van der Waals surface area contributed by atoms with Crippen molar-refractivity contribution in [2.24, 2.45) is 0 Å². The number of pyridine rings is 1. The van der Waals surface area contributed by atoms with Crippen molar-refractivity contribution in [2.75, 3.05) is 19.3 Å². The normalized spacial score (nSPS) is 19.1. The molecule has 1 fully saturated rings. The molecule has 8 heteroatoms. The molecule has 4 rings (SSSR count). The van der Waals surface area contributed by atoms with Crippen LogP contribution in [-0.4, -0.2) is 57.9 Å². The van der Waals surface area contributed by atoms with Gasteiger partial charge in [-0.25, -0.2) is 15.0 Å². The monoisotopic (exact) mass is 383 g/mol. The summed E-state index contributed by atoms with van der Waals surface area (Å²) < 4.78 is 0. The van der Waals surface area contributed by atoms with Crippen molar-refractivity contribution in [3.05, 3.63) is 42.0 Å². The molecule has 142 valence electrons. The van der Waals surface area contributed by atoms with Crippen molar-refractivity contribution in [3.8, 4) is 23.1 Å². The van der Waals surface area contributed by atoms with E-state index in [0.29, 0.717) is 41.7 Å². The lowest BCUT2D eigenvalue weighted by atomic mass is 9.92. The molecule has 0 spiro atoms. The summed E-state index contributed by atoms with van der Waals surface area (Å²) in [5.41, 5.74) is 7.57. The number of nitrogen functional groups attached to an aromatic ring is 1. The Labute approximate surface area is 169 Å². The SMILES string of the molecule is [B]c1nc(N)c2nc(-c3cccc(C#C[C@@]4(O)CCCN(C)C4=O)c3)ccc2n1. The van der Waals surface area contributed by atoms with Crippen molar-refractivity contribution in [2.45, 2.75) is 18.4 Å². The summed E-state index contributed by atoms with van der Waals surface area (Å²) in [6.45, 7) is 0.629. The number of amides is 1. The summed E-state index contributed by atoms with van der Waals surface area (Å²) in [4.78, 5) is 26.4. The molecule has 3 heterocycles. The number of fused-ring (bicyclic) bond motifs is 1. The van der Waals surface area contributed by atoms with Gasteiger partial charge in [0.1, 0.15) is 5.52 Å². The van der Waals surface area contributed by atoms with Crippen LogP contribution < -0.4 is 11.5 Å². The summed E-state index contributed by atoms with van der Waals surface area (Å²) in [6.07, 6.45) is 1.04. The fourth-order valence-corrected chi connectivity index (χ4v) is 3.36. The second kappa shape index (κ2) is 7.19. The lowest BCUT2D eigenvalue weighted by Crippen LogP contribution is -2.51. The predicted molar refractivity (Wildman–Crippen MR) is 111 cm³/mol. The van der Waals surface area contributed by atoms with Gasteiger partial charge in [-0.2, -0.15) is 0 Å². The molecule has 0 bridgehead atoms. The van der Waals surface area contributed by atoms with Gasteiger partial charge in [0.25, 0.3) is 5.91 Å². The average Bonchev–Trinajstić information content (AvgIpc) is 2.70. The molecule has 0 unspecified atom stereocenters. The van der Waals surface area contributed by atoms with Crippen molar-refractivity contribution in [3.63, 3.8) is 0 Å². The summed E-state index contributed by atoms with van der Waals surface area (Å²) >= 11 is 0. The number of piperidine rings is 1. The van der Waals surface area contributed by atoms with Crippen LogP contribution in [0.15, 0.2) is 36.4 Å². The topological polar surface area (TPSA) is 105 Å². The van der Waals surface area contributed by atoms with E-state index in [1.807, 2.05) is 30.3 Å².